The molecular weight excluding hydrogens is 813 g/mol. The summed E-state index contributed by atoms with van der Waals surface area (Å²) >= 11 is 0. The molecule has 6 N–H and O–H groups in total. The van der Waals surface area contributed by atoms with E-state index in [2.05, 4.69) is 41.7 Å². The highest BCUT2D eigenvalue weighted by molar-refractivity contribution is 7.92. The molecule has 8 rings (SSSR count). The van der Waals surface area contributed by atoms with Gasteiger partial charge in [-0.25, -0.2) is 26.4 Å². The molecule has 0 saturated heterocycles. The van der Waals surface area contributed by atoms with Crippen molar-refractivity contribution in [3.05, 3.63) is 71.0 Å². The van der Waals surface area contributed by atoms with Gasteiger partial charge in [0.1, 0.15) is 12.2 Å². The number of aromatic nitrogens is 4. The van der Waals surface area contributed by atoms with E-state index in [-0.39, 0.29) is 59.8 Å². The van der Waals surface area contributed by atoms with Crippen LogP contribution < -0.4 is 29.9 Å². The molecule has 0 bridgehead atoms. The minimum atomic E-state index is -3.31. The maximum absolute atomic E-state index is 12.2. The van der Waals surface area contributed by atoms with Gasteiger partial charge in [-0.1, -0.05) is 18.2 Å². The summed E-state index contributed by atoms with van der Waals surface area (Å²) in [4.78, 5) is 23.6. The highest BCUT2D eigenvalue weighted by Gasteiger charge is 2.35. The quantitative estimate of drug-likeness (QED) is 0.102. The Kier molecular flexibility index (Phi) is 12.2. The molecule has 2 aliphatic heterocycles. The lowest BCUT2D eigenvalue weighted by Crippen LogP contribution is -2.33. The van der Waals surface area contributed by atoms with E-state index < -0.39 is 20.0 Å². The third-order valence-corrected chi connectivity index (χ3v) is 14.5. The third kappa shape index (κ3) is 9.59. The Morgan fingerprint density at radius 1 is 0.700 bits per heavy atom. The molecule has 2 aromatic heterocycles. The number of carbonyl (C=O) groups excluding carboxylic acids is 2. The smallest absolute Gasteiger partial charge is 0.407 e. The molecule has 2 aliphatic carbocycles. The van der Waals surface area contributed by atoms with Gasteiger partial charge in [0, 0.05) is 72.8 Å². The van der Waals surface area contributed by atoms with Gasteiger partial charge in [-0.3, -0.25) is 18.8 Å². The maximum Gasteiger partial charge on any atom is 0.407 e. The number of hydrogen-bond donors (Lipinski definition) is 6. The number of ether oxygens (including phenoxy) is 2. The molecule has 0 spiro atoms. The molecule has 4 aromatic rings. The van der Waals surface area contributed by atoms with Crippen molar-refractivity contribution in [3.8, 4) is 0 Å². The second-order valence-electron chi connectivity index (χ2n) is 16.4. The number of sulfonamides is 2. The number of nitrogens with one attached hydrogen (secondary N) is 6. The minimum absolute atomic E-state index is 0.00795. The van der Waals surface area contributed by atoms with Crippen molar-refractivity contribution in [1.82, 2.24) is 31.0 Å². The van der Waals surface area contributed by atoms with Gasteiger partial charge in [0.25, 0.3) is 0 Å². The Labute approximate surface area is 350 Å². The van der Waals surface area contributed by atoms with E-state index in [1.807, 2.05) is 70.2 Å². The topological polar surface area (TPSA) is 233 Å². The zero-order valence-electron chi connectivity index (χ0n) is 34.6. The van der Waals surface area contributed by atoms with Gasteiger partial charge < -0.3 is 30.7 Å². The summed E-state index contributed by atoms with van der Waals surface area (Å²) < 4.78 is 62.4. The SMILES string of the molecule is CC(C)NC(=O)OC1CC[C@H](c2cc(Nc3cccc4c3CS(=O)(=O)N4C)n[nH]2)C1.CC(C)NC(=O)OC1CC[C@H](c2cc(Nc3cccc4c3N(C)S(=O)(=O)C4)n[nH]2)C1. The number of H-pyrrole nitrogens is 2. The van der Waals surface area contributed by atoms with Crippen molar-refractivity contribution in [1.29, 1.82) is 0 Å². The van der Waals surface area contributed by atoms with Gasteiger partial charge in [-0.05, 0) is 90.0 Å². The first-order chi connectivity index (χ1) is 28.5. The number of hydrogen-bond acceptors (Lipinski definition) is 12. The molecule has 18 nitrogen and oxygen atoms in total. The Bertz CT molecular complexity index is 2420. The predicted molar refractivity (Wildman–Crippen MR) is 229 cm³/mol. The first kappa shape index (κ1) is 42.6. The van der Waals surface area contributed by atoms with Crippen LogP contribution in [0.2, 0.25) is 0 Å². The van der Waals surface area contributed by atoms with Crippen LogP contribution in [0.4, 0.5) is 44.0 Å². The van der Waals surface area contributed by atoms with E-state index in [1.54, 1.807) is 20.2 Å². The molecule has 2 amide bonds. The zero-order chi connectivity index (χ0) is 42.9. The molecule has 2 fully saturated rings. The van der Waals surface area contributed by atoms with Gasteiger partial charge in [0.2, 0.25) is 20.0 Å². The van der Waals surface area contributed by atoms with Crippen molar-refractivity contribution in [2.24, 2.45) is 0 Å². The third-order valence-electron chi connectivity index (χ3n) is 11.2. The molecular formula is C40H54N10O8S2. The summed E-state index contributed by atoms with van der Waals surface area (Å²) in [5.41, 5.74) is 6.25. The van der Waals surface area contributed by atoms with Crippen LogP contribution in [0.15, 0.2) is 48.5 Å². The zero-order valence-corrected chi connectivity index (χ0v) is 36.2. The van der Waals surface area contributed by atoms with E-state index in [1.165, 1.54) is 8.61 Å². The number of para-hydroxylation sites is 1. The molecule has 4 atom stereocenters. The highest BCUT2D eigenvalue weighted by atomic mass is 32.2. The lowest BCUT2D eigenvalue weighted by molar-refractivity contribution is 0.0972. The fraction of sp³-hybridized carbons (Fsp3) is 0.500. The Hall–Kier alpha value is -5.50. The van der Waals surface area contributed by atoms with Gasteiger partial charge >= 0.3 is 12.2 Å². The summed E-state index contributed by atoms with van der Waals surface area (Å²) in [7, 11) is -3.49. The molecule has 4 heterocycles. The number of fused-ring (bicyclic) bond motifs is 2. The summed E-state index contributed by atoms with van der Waals surface area (Å²) in [6.45, 7) is 7.58. The normalized spacial score (nSPS) is 22.2. The number of aromatic amines is 2. The van der Waals surface area contributed by atoms with E-state index in [0.717, 1.165) is 66.7 Å². The van der Waals surface area contributed by atoms with Gasteiger partial charge in [-0.15, -0.1) is 0 Å². The fourth-order valence-electron chi connectivity index (χ4n) is 8.18. The Morgan fingerprint density at radius 2 is 1.20 bits per heavy atom. The number of rotatable bonds is 10. The molecule has 2 unspecified atom stereocenters. The van der Waals surface area contributed by atoms with E-state index in [9.17, 15) is 26.4 Å². The van der Waals surface area contributed by atoms with Crippen molar-refractivity contribution in [3.63, 3.8) is 0 Å². The fourth-order valence-corrected chi connectivity index (χ4v) is 10.8. The molecule has 2 aromatic carbocycles. The molecule has 324 valence electrons. The summed E-state index contributed by atoms with van der Waals surface area (Å²) in [6, 6.07) is 15.0. The monoisotopic (exact) mass is 866 g/mol. The number of amides is 2. The number of alkyl carbamates (subject to hydrolysis) is 2. The van der Waals surface area contributed by atoms with Crippen LogP contribution >= 0.6 is 0 Å². The van der Waals surface area contributed by atoms with Crippen LogP contribution in [0, 0.1) is 0 Å². The summed E-state index contributed by atoms with van der Waals surface area (Å²) in [6.07, 6.45) is 3.97. The molecule has 0 radical (unpaired) electrons. The van der Waals surface area contributed by atoms with Crippen LogP contribution in [-0.2, 0) is 41.0 Å². The number of anilines is 6. The van der Waals surface area contributed by atoms with Gasteiger partial charge in [0.15, 0.2) is 11.6 Å². The first-order valence-corrected chi connectivity index (χ1v) is 23.4. The molecule has 60 heavy (non-hydrogen) atoms. The average Bonchev–Trinajstić information content (AvgIpc) is 4.02. The summed E-state index contributed by atoms with van der Waals surface area (Å²) in [5.74, 6) is 1.70. The number of benzene rings is 2. The van der Waals surface area contributed by atoms with Crippen molar-refractivity contribution < 1.29 is 35.9 Å². The van der Waals surface area contributed by atoms with Gasteiger partial charge in [0.05, 0.1) is 28.6 Å². The summed E-state index contributed by atoms with van der Waals surface area (Å²) in [5, 5.41) is 26.8. The number of nitrogens with zero attached hydrogens (tertiary/aromatic N) is 4. The Balaban J connectivity index is 0.000000181. The average molecular weight is 867 g/mol. The maximum atomic E-state index is 12.2. The van der Waals surface area contributed by atoms with Crippen LogP contribution in [0.1, 0.15) is 101 Å². The minimum Gasteiger partial charge on any atom is -0.446 e. The second kappa shape index (κ2) is 17.2. The van der Waals surface area contributed by atoms with E-state index in [4.69, 9.17) is 9.47 Å². The van der Waals surface area contributed by atoms with Crippen LogP contribution in [0.5, 0.6) is 0 Å². The Morgan fingerprint density at radius 3 is 1.75 bits per heavy atom. The number of carbonyl (C=O) groups is 2. The van der Waals surface area contributed by atoms with Crippen molar-refractivity contribution in [2.75, 3.05) is 33.3 Å². The van der Waals surface area contributed by atoms with Crippen molar-refractivity contribution in [2.45, 2.75) is 114 Å². The molecule has 4 aliphatic rings. The van der Waals surface area contributed by atoms with Gasteiger partial charge in [-0.2, -0.15) is 10.2 Å². The largest absolute Gasteiger partial charge is 0.446 e. The molecule has 20 heteroatoms. The predicted octanol–water partition coefficient (Wildman–Crippen LogP) is 6.41. The van der Waals surface area contributed by atoms with Crippen LogP contribution in [0.3, 0.4) is 0 Å². The molecule has 2 saturated carbocycles. The lowest BCUT2D eigenvalue weighted by atomic mass is 10.0. The van der Waals surface area contributed by atoms with Crippen LogP contribution in [-0.4, -0.2) is 87.8 Å². The van der Waals surface area contributed by atoms with Crippen molar-refractivity contribution >= 4 is 66.6 Å². The highest BCUT2D eigenvalue weighted by Crippen LogP contribution is 2.42. The standard InChI is InChI=1S/2C20H27N5O4S/c1-12(2)21-20(26)29-14-8-7-13(9-14)17-10-19(24-23-17)22-16-5-4-6-18-15(16)11-30(27,28)25(18)3;1-12(2)21-20(26)29-15-8-7-13(9-15)17-10-18(24-23-17)22-16-6-4-5-14-11-30(27,28)25(3)19(14)16/h4-6,10,12-14H,7-9,11H2,1-3H3,(H,21,26)(H2,22,23,24);4-6,10,12-13,15H,7-9,11H2,1-3H3,(H,21,26)(H2,22,23,24)/t13-,14?;13-,15?/m00/s1. The van der Waals surface area contributed by atoms with Crippen LogP contribution in [0.25, 0.3) is 0 Å². The lowest BCUT2D eigenvalue weighted by Gasteiger charge is -2.16. The van der Waals surface area contributed by atoms with E-state index in [0.29, 0.717) is 28.7 Å². The second-order valence-corrected chi connectivity index (χ2v) is 20.4. The first-order valence-electron chi connectivity index (χ1n) is 20.2. The van der Waals surface area contributed by atoms with E-state index >= 15 is 0 Å².